The highest BCUT2D eigenvalue weighted by atomic mass is 32.2. The molecular weight excluding hydrogens is 302 g/mol. The molecule has 0 aliphatic heterocycles. The Labute approximate surface area is 133 Å². The minimum absolute atomic E-state index is 0.0694. The second kappa shape index (κ2) is 7.58. The van der Waals surface area contributed by atoms with Crippen LogP contribution in [-0.4, -0.2) is 42.8 Å². The third kappa shape index (κ3) is 5.25. The number of aliphatic hydroxyl groups is 1. The molecule has 0 aromatic carbocycles. The fourth-order valence-electron chi connectivity index (χ4n) is 1.45. The molecule has 0 bridgehead atoms. The third-order valence-corrected chi connectivity index (χ3v) is 8.96. The average Bonchev–Trinajstić information content (AvgIpc) is 2.42. The highest BCUT2D eigenvalue weighted by Crippen LogP contribution is 2.36. The molecule has 0 atom stereocenters. The molecule has 0 fully saturated rings. The van der Waals surface area contributed by atoms with Crippen LogP contribution in [0, 0.1) is 0 Å². The lowest BCUT2D eigenvalue weighted by molar-refractivity contribution is 0.280. The molecule has 1 rings (SSSR count). The van der Waals surface area contributed by atoms with Gasteiger partial charge >= 0.3 is 0 Å². The lowest BCUT2D eigenvalue weighted by atomic mass is 10.2. The highest BCUT2D eigenvalue weighted by Gasteiger charge is 2.36. The van der Waals surface area contributed by atoms with E-state index >= 15 is 0 Å². The van der Waals surface area contributed by atoms with Crippen molar-refractivity contribution in [3.05, 3.63) is 11.8 Å². The maximum atomic E-state index is 9.32. The normalized spacial score (nSPS) is 12.5. The van der Waals surface area contributed by atoms with Crippen molar-refractivity contribution in [2.45, 2.75) is 50.7 Å². The molecule has 0 unspecified atom stereocenters. The van der Waals surface area contributed by atoms with E-state index < -0.39 is 8.32 Å². The summed E-state index contributed by atoms with van der Waals surface area (Å²) in [5, 5.41) is 13.5. The molecule has 1 aromatic rings. The van der Waals surface area contributed by atoms with Crippen LogP contribution in [0.2, 0.25) is 18.1 Å². The summed E-state index contributed by atoms with van der Waals surface area (Å²) in [5.74, 6) is 0.690. The summed E-state index contributed by atoms with van der Waals surface area (Å²) in [4.78, 5) is 8.54. The smallest absolute Gasteiger partial charge is 0.192 e. The molecule has 0 amide bonds. The van der Waals surface area contributed by atoms with Gasteiger partial charge in [-0.1, -0.05) is 32.5 Å². The van der Waals surface area contributed by atoms with Gasteiger partial charge in [0.25, 0.3) is 0 Å². The summed E-state index contributed by atoms with van der Waals surface area (Å²) in [6.07, 6.45) is 3.59. The van der Waals surface area contributed by atoms with Gasteiger partial charge in [-0.05, 0) is 24.4 Å². The van der Waals surface area contributed by atoms with Gasteiger partial charge in [0.15, 0.2) is 13.5 Å². The Bertz CT molecular complexity index is 464. The molecule has 2 N–H and O–H groups in total. The first-order chi connectivity index (χ1) is 9.71. The van der Waals surface area contributed by atoms with E-state index in [1.807, 2.05) is 6.26 Å². The Balaban J connectivity index is 2.57. The molecule has 1 aromatic heterocycles. The number of nitrogens with zero attached hydrogens (tertiary/aromatic N) is 2. The van der Waals surface area contributed by atoms with Crippen molar-refractivity contribution in [2.24, 2.45) is 0 Å². The highest BCUT2D eigenvalue weighted by molar-refractivity contribution is 7.98. The van der Waals surface area contributed by atoms with E-state index in [4.69, 9.17) is 4.43 Å². The van der Waals surface area contributed by atoms with Gasteiger partial charge < -0.3 is 14.8 Å². The van der Waals surface area contributed by atoms with E-state index in [0.717, 1.165) is 0 Å². The number of nitrogens with one attached hydrogen (secondary N) is 1. The Morgan fingerprint density at radius 1 is 1.38 bits per heavy atom. The van der Waals surface area contributed by atoms with Crippen LogP contribution in [0.15, 0.2) is 11.4 Å². The molecule has 120 valence electrons. The summed E-state index contributed by atoms with van der Waals surface area (Å²) in [6, 6.07) is 0. The second-order valence-corrected chi connectivity index (χ2v) is 12.0. The van der Waals surface area contributed by atoms with Gasteiger partial charge in [-0.3, -0.25) is 0 Å². The van der Waals surface area contributed by atoms with E-state index in [1.54, 1.807) is 6.20 Å². The molecule has 21 heavy (non-hydrogen) atoms. The standard InChI is InChI=1S/C14H27N3O2SSi/c1-14(2,3)21(5,6)19-8-7-15-12-11(10-18)9-16-13(17-12)20-4/h9,18H,7-8,10H2,1-6H3,(H,15,16,17). The van der Waals surface area contributed by atoms with Gasteiger partial charge in [0.1, 0.15) is 5.82 Å². The number of thioether (sulfide) groups is 1. The van der Waals surface area contributed by atoms with E-state index in [-0.39, 0.29) is 11.6 Å². The molecule has 0 radical (unpaired) electrons. The first-order valence-electron chi connectivity index (χ1n) is 7.10. The van der Waals surface area contributed by atoms with Crippen LogP contribution in [0.5, 0.6) is 0 Å². The summed E-state index contributed by atoms with van der Waals surface area (Å²) >= 11 is 1.48. The van der Waals surface area contributed by atoms with E-state index in [9.17, 15) is 5.11 Å². The van der Waals surface area contributed by atoms with Crippen molar-refractivity contribution in [1.29, 1.82) is 0 Å². The Hall–Kier alpha value is -0.633. The molecule has 1 heterocycles. The second-order valence-electron chi connectivity index (χ2n) is 6.42. The first-order valence-corrected chi connectivity index (χ1v) is 11.2. The predicted octanol–water partition coefficient (Wildman–Crippen LogP) is 3.12. The number of aliphatic hydroxyl groups excluding tert-OH is 1. The van der Waals surface area contributed by atoms with Crippen LogP contribution in [0.25, 0.3) is 0 Å². The molecule has 0 saturated carbocycles. The van der Waals surface area contributed by atoms with Gasteiger partial charge in [-0.15, -0.1) is 0 Å². The van der Waals surface area contributed by atoms with E-state index in [0.29, 0.717) is 29.7 Å². The Kier molecular flexibility index (Phi) is 6.64. The number of hydrogen-bond acceptors (Lipinski definition) is 6. The lowest BCUT2D eigenvalue weighted by Gasteiger charge is -2.36. The van der Waals surface area contributed by atoms with Gasteiger partial charge in [-0.25, -0.2) is 9.97 Å². The zero-order valence-corrected chi connectivity index (χ0v) is 15.7. The minimum atomic E-state index is -1.71. The van der Waals surface area contributed by atoms with Crippen molar-refractivity contribution < 1.29 is 9.53 Å². The predicted molar refractivity (Wildman–Crippen MR) is 91.4 cm³/mol. The topological polar surface area (TPSA) is 67.3 Å². The number of aromatic nitrogens is 2. The molecule has 0 spiro atoms. The van der Waals surface area contributed by atoms with E-state index in [1.165, 1.54) is 11.8 Å². The summed E-state index contributed by atoms with van der Waals surface area (Å²) in [5.41, 5.74) is 0.708. The van der Waals surface area contributed by atoms with Gasteiger partial charge in [0.05, 0.1) is 13.2 Å². The Morgan fingerprint density at radius 3 is 2.57 bits per heavy atom. The average molecular weight is 330 g/mol. The maximum absolute atomic E-state index is 9.32. The van der Waals surface area contributed by atoms with Crippen molar-refractivity contribution in [3.63, 3.8) is 0 Å². The van der Waals surface area contributed by atoms with Crippen LogP contribution >= 0.6 is 11.8 Å². The molecule has 0 saturated heterocycles. The lowest BCUT2D eigenvalue weighted by Crippen LogP contribution is -2.41. The zero-order valence-electron chi connectivity index (χ0n) is 13.9. The maximum Gasteiger partial charge on any atom is 0.192 e. The number of hydrogen-bond donors (Lipinski definition) is 2. The minimum Gasteiger partial charge on any atom is -0.415 e. The van der Waals surface area contributed by atoms with Crippen molar-refractivity contribution in [1.82, 2.24) is 9.97 Å². The Morgan fingerprint density at radius 2 is 2.05 bits per heavy atom. The summed E-state index contributed by atoms with van der Waals surface area (Å²) in [6.45, 7) is 12.4. The molecule has 0 aliphatic carbocycles. The van der Waals surface area contributed by atoms with Crippen LogP contribution in [0.1, 0.15) is 26.3 Å². The zero-order chi connectivity index (χ0) is 16.1. The van der Waals surface area contributed by atoms with Crippen LogP contribution < -0.4 is 5.32 Å². The third-order valence-electron chi connectivity index (χ3n) is 3.86. The first kappa shape index (κ1) is 18.4. The molecule has 5 nitrogen and oxygen atoms in total. The quantitative estimate of drug-likeness (QED) is 0.347. The number of anilines is 1. The largest absolute Gasteiger partial charge is 0.415 e. The van der Waals surface area contributed by atoms with Crippen molar-refractivity contribution >= 4 is 25.9 Å². The SMILES string of the molecule is CSc1ncc(CO)c(NCCO[Si](C)(C)C(C)(C)C)n1. The van der Waals surface area contributed by atoms with Crippen LogP contribution in [0.3, 0.4) is 0 Å². The van der Waals surface area contributed by atoms with Gasteiger partial charge in [0.2, 0.25) is 0 Å². The van der Waals surface area contributed by atoms with Gasteiger partial charge in [-0.2, -0.15) is 0 Å². The monoisotopic (exact) mass is 329 g/mol. The van der Waals surface area contributed by atoms with Gasteiger partial charge in [0, 0.05) is 18.3 Å². The van der Waals surface area contributed by atoms with E-state index in [2.05, 4.69) is 49.1 Å². The molecule has 7 heteroatoms. The fraction of sp³-hybridized carbons (Fsp3) is 0.714. The van der Waals surface area contributed by atoms with Crippen LogP contribution in [0.4, 0.5) is 5.82 Å². The number of rotatable bonds is 7. The molecular formula is C14H27N3O2SSi. The van der Waals surface area contributed by atoms with Crippen molar-refractivity contribution in [2.75, 3.05) is 24.7 Å². The summed E-state index contributed by atoms with van der Waals surface area (Å²) in [7, 11) is -1.71. The molecule has 0 aliphatic rings. The van der Waals surface area contributed by atoms with Crippen LogP contribution in [-0.2, 0) is 11.0 Å². The summed E-state index contributed by atoms with van der Waals surface area (Å²) < 4.78 is 6.11. The fourth-order valence-corrected chi connectivity index (χ4v) is 2.84. The van der Waals surface area contributed by atoms with Crippen molar-refractivity contribution in [3.8, 4) is 0 Å².